The third kappa shape index (κ3) is 7.19. The molecule has 1 heterocycles. The van der Waals surface area contributed by atoms with Crippen molar-refractivity contribution >= 4 is 17.5 Å². The van der Waals surface area contributed by atoms with Crippen LogP contribution in [-0.2, 0) is 32.4 Å². The van der Waals surface area contributed by atoms with Gasteiger partial charge >= 0.3 is 6.18 Å². The number of rotatable bonds is 9. The van der Waals surface area contributed by atoms with E-state index < -0.39 is 11.7 Å². The third-order valence-electron chi connectivity index (χ3n) is 5.39. The number of hydrogen-bond acceptors (Lipinski definition) is 4. The number of carbonyl (C=O) groups excluding carboxylic acids is 1. The molecule has 0 unspecified atom stereocenters. The zero-order chi connectivity index (χ0) is 25.5. The Bertz CT molecular complexity index is 1310. The van der Waals surface area contributed by atoms with E-state index in [9.17, 15) is 18.0 Å². The van der Waals surface area contributed by atoms with Gasteiger partial charge in [0.2, 0.25) is 5.89 Å². The van der Waals surface area contributed by atoms with Crippen LogP contribution in [0.15, 0.2) is 89.5 Å². The van der Waals surface area contributed by atoms with Crippen molar-refractivity contribution in [3.63, 3.8) is 0 Å². The van der Waals surface area contributed by atoms with Gasteiger partial charge in [0.15, 0.2) is 5.69 Å². The maximum absolute atomic E-state index is 13.2. The van der Waals surface area contributed by atoms with E-state index in [1.807, 2.05) is 41.3 Å². The number of nitrogens with one attached hydrogen (secondary N) is 1. The van der Waals surface area contributed by atoms with Crippen LogP contribution in [0.25, 0.3) is 0 Å². The second-order valence-electron chi connectivity index (χ2n) is 8.27. The number of amides is 1. The number of alkyl halides is 3. The van der Waals surface area contributed by atoms with Crippen LogP contribution in [0.4, 0.5) is 13.2 Å². The van der Waals surface area contributed by atoms with Crippen LogP contribution in [-0.4, -0.2) is 15.8 Å². The molecule has 1 N–H and O–H groups in total. The van der Waals surface area contributed by atoms with Gasteiger partial charge in [-0.2, -0.15) is 13.2 Å². The number of carbonyl (C=O) groups is 1. The summed E-state index contributed by atoms with van der Waals surface area (Å²) in [7, 11) is 0. The van der Waals surface area contributed by atoms with Crippen LogP contribution >= 0.6 is 11.6 Å². The first-order chi connectivity index (χ1) is 17.3. The summed E-state index contributed by atoms with van der Waals surface area (Å²) in [6.07, 6.45) is -3.16. The zero-order valence-corrected chi connectivity index (χ0v) is 19.9. The standard InChI is InChI=1S/C27H23ClF3N3O2/c28-23-11-5-9-21(13-23)16-34(15-20-8-4-10-22(12-20)27(29,30)31)17-25-33-24(18-36-25)26(35)32-14-19-6-2-1-3-7-19/h1-13,18H,14-17H2,(H,32,35). The van der Waals surface area contributed by atoms with Gasteiger partial charge in [-0.25, -0.2) is 4.98 Å². The molecular formula is C27H23ClF3N3O2. The molecule has 0 radical (unpaired) electrons. The molecule has 36 heavy (non-hydrogen) atoms. The molecule has 1 amide bonds. The quantitative estimate of drug-likeness (QED) is 0.278. The number of aromatic nitrogens is 1. The molecule has 1 aromatic heterocycles. The van der Waals surface area contributed by atoms with E-state index in [0.29, 0.717) is 23.7 Å². The van der Waals surface area contributed by atoms with Crippen LogP contribution < -0.4 is 5.32 Å². The van der Waals surface area contributed by atoms with Gasteiger partial charge in [-0.05, 0) is 34.9 Å². The molecule has 0 fully saturated rings. The topological polar surface area (TPSA) is 58.4 Å². The molecule has 4 rings (SSSR count). The number of benzene rings is 3. The van der Waals surface area contributed by atoms with E-state index in [1.165, 1.54) is 12.3 Å². The van der Waals surface area contributed by atoms with E-state index in [-0.39, 0.29) is 30.6 Å². The molecule has 5 nitrogen and oxygen atoms in total. The van der Waals surface area contributed by atoms with Gasteiger partial charge in [-0.3, -0.25) is 9.69 Å². The molecule has 0 bridgehead atoms. The van der Waals surface area contributed by atoms with Gasteiger partial charge in [0.1, 0.15) is 6.26 Å². The van der Waals surface area contributed by atoms with Gasteiger partial charge in [-0.1, -0.05) is 72.3 Å². The van der Waals surface area contributed by atoms with Gasteiger partial charge in [-0.15, -0.1) is 0 Å². The summed E-state index contributed by atoms with van der Waals surface area (Å²) in [6, 6.07) is 21.9. The Labute approximate surface area is 211 Å². The summed E-state index contributed by atoms with van der Waals surface area (Å²) in [6.45, 7) is 1.11. The Morgan fingerprint density at radius 2 is 1.56 bits per heavy atom. The third-order valence-corrected chi connectivity index (χ3v) is 5.63. The summed E-state index contributed by atoms with van der Waals surface area (Å²) in [4.78, 5) is 18.7. The first-order valence-corrected chi connectivity index (χ1v) is 11.5. The highest BCUT2D eigenvalue weighted by Gasteiger charge is 2.30. The number of halogens is 4. The summed E-state index contributed by atoms with van der Waals surface area (Å²) in [5.41, 5.74) is 1.73. The number of hydrogen-bond donors (Lipinski definition) is 1. The fraction of sp³-hybridized carbons (Fsp3) is 0.185. The number of nitrogens with zero attached hydrogens (tertiary/aromatic N) is 2. The summed E-state index contributed by atoms with van der Waals surface area (Å²) in [5, 5.41) is 3.35. The monoisotopic (exact) mass is 513 g/mol. The average Bonchev–Trinajstić information content (AvgIpc) is 3.31. The normalized spacial score (nSPS) is 11.6. The molecule has 9 heteroatoms. The maximum Gasteiger partial charge on any atom is 0.416 e. The first-order valence-electron chi connectivity index (χ1n) is 11.2. The predicted molar refractivity (Wildman–Crippen MR) is 130 cm³/mol. The van der Waals surface area contributed by atoms with Crippen molar-refractivity contribution in [3.8, 4) is 0 Å². The summed E-state index contributed by atoms with van der Waals surface area (Å²) in [5.74, 6) is -0.109. The minimum Gasteiger partial charge on any atom is -0.447 e. The molecule has 0 atom stereocenters. The van der Waals surface area contributed by atoms with E-state index in [4.69, 9.17) is 16.0 Å². The van der Waals surface area contributed by atoms with Crippen LogP contribution in [0.1, 0.15) is 38.6 Å². The fourth-order valence-electron chi connectivity index (χ4n) is 3.71. The van der Waals surface area contributed by atoms with Gasteiger partial charge in [0.05, 0.1) is 12.1 Å². The molecule has 0 saturated carbocycles. The SMILES string of the molecule is O=C(NCc1ccccc1)c1coc(CN(Cc2cccc(Cl)c2)Cc2cccc(C(F)(F)F)c2)n1. The van der Waals surface area contributed by atoms with E-state index in [0.717, 1.165) is 23.3 Å². The lowest BCUT2D eigenvalue weighted by Gasteiger charge is -2.22. The van der Waals surface area contributed by atoms with Gasteiger partial charge in [0, 0.05) is 24.7 Å². The van der Waals surface area contributed by atoms with Gasteiger partial charge < -0.3 is 9.73 Å². The smallest absolute Gasteiger partial charge is 0.416 e. The van der Waals surface area contributed by atoms with Gasteiger partial charge in [0.25, 0.3) is 5.91 Å². The molecule has 0 aliphatic carbocycles. The van der Waals surface area contributed by atoms with Crippen LogP contribution in [0.2, 0.25) is 5.02 Å². The molecule has 0 aliphatic heterocycles. The van der Waals surface area contributed by atoms with E-state index in [1.54, 1.807) is 24.3 Å². The van der Waals surface area contributed by atoms with E-state index in [2.05, 4.69) is 10.3 Å². The van der Waals surface area contributed by atoms with Crippen molar-refractivity contribution in [2.75, 3.05) is 0 Å². The zero-order valence-electron chi connectivity index (χ0n) is 19.1. The fourth-order valence-corrected chi connectivity index (χ4v) is 3.93. The Morgan fingerprint density at radius 3 is 2.25 bits per heavy atom. The Kier molecular flexibility index (Phi) is 8.07. The largest absolute Gasteiger partial charge is 0.447 e. The minimum absolute atomic E-state index is 0.128. The Balaban J connectivity index is 1.48. The Hall–Kier alpha value is -3.62. The second kappa shape index (κ2) is 11.4. The predicted octanol–water partition coefficient (Wildman–Crippen LogP) is 6.48. The van der Waals surface area contributed by atoms with Crippen LogP contribution in [0, 0.1) is 0 Å². The van der Waals surface area contributed by atoms with Crippen molar-refractivity contribution in [3.05, 3.63) is 124 Å². The minimum atomic E-state index is -4.43. The van der Waals surface area contributed by atoms with Crippen molar-refractivity contribution in [2.24, 2.45) is 0 Å². The summed E-state index contributed by atoms with van der Waals surface area (Å²) < 4.78 is 45.1. The molecular weight excluding hydrogens is 491 g/mol. The Morgan fingerprint density at radius 1 is 0.889 bits per heavy atom. The highest BCUT2D eigenvalue weighted by Crippen LogP contribution is 2.30. The average molecular weight is 514 g/mol. The molecule has 186 valence electrons. The molecule has 4 aromatic rings. The van der Waals surface area contributed by atoms with Crippen molar-refractivity contribution < 1.29 is 22.4 Å². The lowest BCUT2D eigenvalue weighted by Crippen LogP contribution is -2.24. The summed E-state index contributed by atoms with van der Waals surface area (Å²) >= 11 is 6.11. The van der Waals surface area contributed by atoms with Crippen LogP contribution in [0.3, 0.4) is 0 Å². The first kappa shape index (κ1) is 25.5. The molecule has 0 spiro atoms. The molecule has 0 aliphatic rings. The van der Waals surface area contributed by atoms with E-state index >= 15 is 0 Å². The van der Waals surface area contributed by atoms with Crippen molar-refractivity contribution in [1.29, 1.82) is 0 Å². The maximum atomic E-state index is 13.2. The lowest BCUT2D eigenvalue weighted by atomic mass is 10.1. The highest BCUT2D eigenvalue weighted by atomic mass is 35.5. The second-order valence-corrected chi connectivity index (χ2v) is 8.70. The van der Waals surface area contributed by atoms with Crippen molar-refractivity contribution in [2.45, 2.75) is 32.4 Å². The highest BCUT2D eigenvalue weighted by molar-refractivity contribution is 6.30. The molecule has 3 aromatic carbocycles. The number of oxazole rings is 1. The van der Waals surface area contributed by atoms with Crippen molar-refractivity contribution in [1.82, 2.24) is 15.2 Å². The van der Waals surface area contributed by atoms with Crippen LogP contribution in [0.5, 0.6) is 0 Å². The molecule has 0 saturated heterocycles. The lowest BCUT2D eigenvalue weighted by molar-refractivity contribution is -0.137.